The maximum absolute atomic E-state index is 12.4. The second-order valence-corrected chi connectivity index (χ2v) is 7.20. The number of hydrogen-bond donors (Lipinski definition) is 1. The van der Waals surface area contributed by atoms with Crippen LogP contribution >= 0.6 is 22.7 Å². The third-order valence-corrected chi connectivity index (χ3v) is 4.61. The summed E-state index contributed by atoms with van der Waals surface area (Å²) in [6.07, 6.45) is 0. The zero-order valence-electron chi connectivity index (χ0n) is 12.0. The normalized spacial score (nSPS) is 11.7. The summed E-state index contributed by atoms with van der Waals surface area (Å²) < 4.78 is 0. The topological polar surface area (TPSA) is 53.4 Å². The highest BCUT2D eigenvalue weighted by Crippen LogP contribution is 2.30. The molecule has 108 valence electrons. The van der Waals surface area contributed by atoms with Gasteiger partial charge < -0.3 is 10.0 Å². The van der Waals surface area contributed by atoms with E-state index < -0.39 is 5.60 Å². The van der Waals surface area contributed by atoms with E-state index in [1.807, 2.05) is 23.8 Å². The van der Waals surface area contributed by atoms with Crippen LogP contribution in [0.1, 0.15) is 29.2 Å². The molecule has 0 aliphatic rings. The molecule has 0 bridgehead atoms. The number of aryl methyl sites for hydroxylation is 1. The lowest BCUT2D eigenvalue weighted by Gasteiger charge is -2.25. The number of hydrogen-bond acceptors (Lipinski definition) is 5. The van der Waals surface area contributed by atoms with Crippen molar-refractivity contribution in [1.82, 2.24) is 9.88 Å². The van der Waals surface area contributed by atoms with E-state index in [0.29, 0.717) is 4.88 Å². The van der Waals surface area contributed by atoms with Gasteiger partial charge in [0.2, 0.25) is 0 Å². The fraction of sp³-hybridized carbons (Fsp3) is 0.429. The predicted molar refractivity (Wildman–Crippen MR) is 83.4 cm³/mol. The van der Waals surface area contributed by atoms with E-state index in [1.165, 1.54) is 16.2 Å². The van der Waals surface area contributed by atoms with E-state index in [-0.39, 0.29) is 12.5 Å². The lowest BCUT2D eigenvalue weighted by molar-refractivity contribution is 0.0370. The molecule has 2 aromatic rings. The van der Waals surface area contributed by atoms with E-state index >= 15 is 0 Å². The molecule has 0 fully saturated rings. The van der Waals surface area contributed by atoms with Gasteiger partial charge in [-0.1, -0.05) is 0 Å². The van der Waals surface area contributed by atoms with Crippen LogP contribution in [-0.4, -0.2) is 40.1 Å². The zero-order chi connectivity index (χ0) is 14.9. The molecule has 2 aromatic heterocycles. The van der Waals surface area contributed by atoms with Crippen molar-refractivity contribution in [2.24, 2.45) is 0 Å². The molecule has 0 atom stereocenters. The summed E-state index contributed by atoms with van der Waals surface area (Å²) >= 11 is 3.01. The summed E-state index contributed by atoms with van der Waals surface area (Å²) in [6, 6.07) is 2.00. The molecule has 2 heterocycles. The van der Waals surface area contributed by atoms with Gasteiger partial charge in [-0.05, 0) is 32.2 Å². The van der Waals surface area contributed by atoms with E-state index in [0.717, 1.165) is 16.3 Å². The van der Waals surface area contributed by atoms with Crippen LogP contribution in [-0.2, 0) is 0 Å². The molecule has 0 spiro atoms. The van der Waals surface area contributed by atoms with Crippen molar-refractivity contribution in [3.63, 3.8) is 0 Å². The molecule has 6 heteroatoms. The number of amides is 1. The van der Waals surface area contributed by atoms with Gasteiger partial charge in [-0.3, -0.25) is 4.79 Å². The summed E-state index contributed by atoms with van der Waals surface area (Å²) in [5, 5.41) is 14.7. The molecule has 4 nitrogen and oxygen atoms in total. The first-order chi connectivity index (χ1) is 9.28. The Hall–Kier alpha value is -1.24. The summed E-state index contributed by atoms with van der Waals surface area (Å²) in [4.78, 5) is 19.1. The molecule has 20 heavy (non-hydrogen) atoms. The predicted octanol–water partition coefficient (Wildman–Crippen LogP) is 3.02. The van der Waals surface area contributed by atoms with E-state index in [1.54, 1.807) is 32.2 Å². The molecular formula is C14H18N2O2S2. The largest absolute Gasteiger partial charge is 0.389 e. The molecular weight excluding hydrogens is 292 g/mol. The van der Waals surface area contributed by atoms with Gasteiger partial charge in [0.1, 0.15) is 9.88 Å². The Kier molecular flexibility index (Phi) is 4.27. The number of likely N-dealkylation sites (N-methyl/N-ethyl adjacent to an activating group) is 1. The van der Waals surface area contributed by atoms with Crippen LogP contribution in [0.3, 0.4) is 0 Å². The van der Waals surface area contributed by atoms with Crippen LogP contribution < -0.4 is 0 Å². The molecule has 0 aliphatic carbocycles. The van der Waals surface area contributed by atoms with E-state index in [9.17, 15) is 9.90 Å². The van der Waals surface area contributed by atoms with Crippen molar-refractivity contribution in [2.45, 2.75) is 26.4 Å². The van der Waals surface area contributed by atoms with Crippen molar-refractivity contribution < 1.29 is 9.90 Å². The van der Waals surface area contributed by atoms with Gasteiger partial charge in [0.05, 0.1) is 11.3 Å². The van der Waals surface area contributed by atoms with Crippen molar-refractivity contribution in [1.29, 1.82) is 0 Å². The SMILES string of the molecule is Cc1nc(-c2ccsc2)sc1C(=O)N(C)CC(C)(C)O. The molecule has 0 radical (unpaired) electrons. The first-order valence-electron chi connectivity index (χ1n) is 6.26. The number of carbonyl (C=O) groups is 1. The van der Waals surface area contributed by atoms with Gasteiger partial charge in [-0.25, -0.2) is 4.98 Å². The molecule has 0 saturated carbocycles. The summed E-state index contributed by atoms with van der Waals surface area (Å²) in [6.45, 7) is 5.51. The molecule has 1 amide bonds. The number of nitrogens with zero attached hydrogens (tertiary/aromatic N) is 2. The minimum absolute atomic E-state index is 0.0939. The van der Waals surface area contributed by atoms with Gasteiger partial charge in [-0.15, -0.1) is 11.3 Å². The average Bonchev–Trinajstić information content (AvgIpc) is 2.94. The third-order valence-electron chi connectivity index (χ3n) is 2.73. The highest BCUT2D eigenvalue weighted by Gasteiger charge is 2.24. The quantitative estimate of drug-likeness (QED) is 0.944. The minimum atomic E-state index is -0.904. The van der Waals surface area contributed by atoms with Gasteiger partial charge in [-0.2, -0.15) is 11.3 Å². The van der Waals surface area contributed by atoms with Crippen molar-refractivity contribution in [2.75, 3.05) is 13.6 Å². The number of rotatable bonds is 4. The number of aromatic nitrogens is 1. The minimum Gasteiger partial charge on any atom is -0.389 e. The summed E-state index contributed by atoms with van der Waals surface area (Å²) in [5.74, 6) is -0.0939. The highest BCUT2D eigenvalue weighted by molar-refractivity contribution is 7.17. The fourth-order valence-electron chi connectivity index (χ4n) is 1.93. The summed E-state index contributed by atoms with van der Waals surface area (Å²) in [5.41, 5.74) is 0.884. The zero-order valence-corrected chi connectivity index (χ0v) is 13.6. The standard InChI is InChI=1S/C14H18N2O2S2/c1-9-11(13(17)16(4)8-14(2,3)18)20-12(15-9)10-5-6-19-7-10/h5-7,18H,8H2,1-4H3. The lowest BCUT2D eigenvalue weighted by atomic mass is 10.1. The Bertz CT molecular complexity index is 597. The fourth-order valence-corrected chi connectivity index (χ4v) is 3.70. The average molecular weight is 310 g/mol. The van der Waals surface area contributed by atoms with Crippen LogP contribution in [0.25, 0.3) is 10.6 Å². The Morgan fingerprint density at radius 1 is 1.50 bits per heavy atom. The van der Waals surface area contributed by atoms with Crippen LogP contribution in [0.4, 0.5) is 0 Å². The third kappa shape index (κ3) is 3.45. The van der Waals surface area contributed by atoms with Crippen LogP contribution in [0.5, 0.6) is 0 Å². The first kappa shape index (κ1) is 15.2. The second kappa shape index (κ2) is 5.63. The van der Waals surface area contributed by atoms with E-state index in [2.05, 4.69) is 4.98 Å². The Morgan fingerprint density at radius 2 is 2.20 bits per heavy atom. The van der Waals surface area contributed by atoms with Gasteiger partial charge in [0.25, 0.3) is 5.91 Å². The molecule has 0 aromatic carbocycles. The van der Waals surface area contributed by atoms with Crippen molar-refractivity contribution in [3.05, 3.63) is 27.4 Å². The monoisotopic (exact) mass is 310 g/mol. The van der Waals surface area contributed by atoms with Gasteiger partial charge in [0, 0.05) is 24.5 Å². The molecule has 0 unspecified atom stereocenters. The Balaban J connectivity index is 2.23. The molecule has 1 N–H and O–H groups in total. The lowest BCUT2D eigenvalue weighted by Crippen LogP contribution is -2.39. The first-order valence-corrected chi connectivity index (χ1v) is 8.02. The van der Waals surface area contributed by atoms with Crippen LogP contribution in [0, 0.1) is 6.92 Å². The van der Waals surface area contributed by atoms with Crippen LogP contribution in [0.2, 0.25) is 0 Å². The second-order valence-electron chi connectivity index (χ2n) is 5.42. The number of carbonyl (C=O) groups excluding carboxylic acids is 1. The van der Waals surface area contributed by atoms with Gasteiger partial charge in [0.15, 0.2) is 0 Å². The Labute approximate surface area is 126 Å². The van der Waals surface area contributed by atoms with Crippen molar-refractivity contribution >= 4 is 28.6 Å². The van der Waals surface area contributed by atoms with Gasteiger partial charge >= 0.3 is 0 Å². The highest BCUT2D eigenvalue weighted by atomic mass is 32.1. The summed E-state index contributed by atoms with van der Waals surface area (Å²) in [7, 11) is 1.70. The van der Waals surface area contributed by atoms with Crippen LogP contribution in [0.15, 0.2) is 16.8 Å². The van der Waals surface area contributed by atoms with Crippen molar-refractivity contribution in [3.8, 4) is 10.6 Å². The maximum atomic E-state index is 12.4. The van der Waals surface area contributed by atoms with E-state index in [4.69, 9.17) is 0 Å². The molecule has 0 aliphatic heterocycles. The smallest absolute Gasteiger partial charge is 0.265 e. The maximum Gasteiger partial charge on any atom is 0.265 e. The molecule has 0 saturated heterocycles. The number of thiophene rings is 1. The Morgan fingerprint density at radius 3 is 2.75 bits per heavy atom. The number of aliphatic hydroxyl groups is 1. The molecule has 2 rings (SSSR count). The number of thiazole rings is 1.